The van der Waals surface area contributed by atoms with E-state index in [0.717, 1.165) is 0 Å². The largest absolute Gasteiger partial charge is 0.480 e. The van der Waals surface area contributed by atoms with Crippen LogP contribution in [-0.2, 0) is 19.2 Å². The minimum Gasteiger partial charge on any atom is -0.480 e. The Bertz CT molecular complexity index is 694. The van der Waals surface area contributed by atoms with Gasteiger partial charge in [0.25, 0.3) is 0 Å². The second kappa shape index (κ2) is 10.8. The fourth-order valence-electron chi connectivity index (χ4n) is 3.97. The summed E-state index contributed by atoms with van der Waals surface area (Å²) in [6, 6.07) is -2.53. The molecule has 2 fully saturated rings. The van der Waals surface area contributed by atoms with Crippen LogP contribution in [0.15, 0.2) is 4.99 Å². The quantitative estimate of drug-likeness (QED) is 0.152. The Balaban J connectivity index is 2.11. The molecule has 3 atom stereocenters. The van der Waals surface area contributed by atoms with E-state index in [1.165, 1.54) is 9.80 Å². The molecule has 0 aromatic rings. The van der Waals surface area contributed by atoms with Crippen molar-refractivity contribution in [3.8, 4) is 0 Å². The zero-order valence-corrected chi connectivity index (χ0v) is 17.0. The number of likely N-dealkylation sites (tertiary alicyclic amines) is 2. The zero-order chi connectivity index (χ0) is 22.3. The second-order valence-corrected chi connectivity index (χ2v) is 7.49. The van der Waals surface area contributed by atoms with Crippen LogP contribution in [0.3, 0.4) is 0 Å². The average molecular weight is 425 g/mol. The van der Waals surface area contributed by atoms with Crippen molar-refractivity contribution < 1.29 is 24.3 Å². The van der Waals surface area contributed by atoms with Gasteiger partial charge in [0.1, 0.15) is 18.1 Å². The average Bonchev–Trinajstić information content (AvgIpc) is 3.38. The number of hydrogen-bond acceptors (Lipinski definition) is 6. The third-order valence-electron chi connectivity index (χ3n) is 5.43. The third kappa shape index (κ3) is 5.81. The Hall–Kier alpha value is -2.89. The number of aliphatic imine (C=N–C) groups is 1. The van der Waals surface area contributed by atoms with Crippen molar-refractivity contribution in [2.75, 3.05) is 26.2 Å². The van der Waals surface area contributed by atoms with Crippen molar-refractivity contribution in [3.05, 3.63) is 0 Å². The lowest BCUT2D eigenvalue weighted by Crippen LogP contribution is -2.55. The first kappa shape index (κ1) is 23.4. The third-order valence-corrected chi connectivity index (χ3v) is 5.43. The van der Waals surface area contributed by atoms with Crippen LogP contribution in [0.1, 0.15) is 38.5 Å². The van der Waals surface area contributed by atoms with E-state index in [1.807, 2.05) is 0 Å². The van der Waals surface area contributed by atoms with E-state index in [0.29, 0.717) is 45.2 Å². The van der Waals surface area contributed by atoms with Crippen LogP contribution in [0, 0.1) is 0 Å². The number of nitrogens with one attached hydrogen (secondary N) is 1. The standard InChI is InChI=1S/C18H31N7O5/c19-10-14(26)24-8-2-5-12(24)15(27)23-11(4-1-7-22-18(20)21)16(28)25-9-3-6-13(25)17(29)30/h11-13H,1-10,19H2,(H,23,27)(H,29,30)(H4,20,21,22)/t11?,12-,13-/m0/s1. The maximum atomic E-state index is 13.1. The van der Waals surface area contributed by atoms with Crippen molar-refractivity contribution in [2.45, 2.75) is 56.7 Å². The molecule has 0 aromatic carbocycles. The molecule has 2 aliphatic rings. The lowest BCUT2D eigenvalue weighted by molar-refractivity contribution is -0.149. The summed E-state index contributed by atoms with van der Waals surface area (Å²) in [5, 5.41) is 12.1. The van der Waals surface area contributed by atoms with Crippen molar-refractivity contribution in [3.63, 3.8) is 0 Å². The SMILES string of the molecule is NCC(=O)N1CCC[C@H]1C(=O)NC(CCCN=C(N)N)C(=O)N1CCC[C@H]1C(=O)O. The van der Waals surface area contributed by atoms with Gasteiger partial charge < -0.3 is 37.4 Å². The first-order chi connectivity index (χ1) is 14.3. The number of rotatable bonds is 9. The van der Waals surface area contributed by atoms with E-state index < -0.39 is 35.9 Å². The Labute approximate surface area is 174 Å². The molecule has 2 rings (SSSR count). The molecule has 0 aliphatic carbocycles. The van der Waals surface area contributed by atoms with Gasteiger partial charge in [-0.2, -0.15) is 0 Å². The number of nitrogens with zero attached hydrogens (tertiary/aromatic N) is 3. The molecular formula is C18H31N7O5. The first-order valence-electron chi connectivity index (χ1n) is 10.1. The highest BCUT2D eigenvalue weighted by Crippen LogP contribution is 2.21. The highest BCUT2D eigenvalue weighted by Gasteiger charge is 2.39. The number of aliphatic carboxylic acids is 1. The molecule has 3 amide bonds. The predicted octanol–water partition coefficient (Wildman–Crippen LogP) is -2.45. The van der Waals surface area contributed by atoms with Crippen LogP contribution in [0.25, 0.3) is 0 Å². The van der Waals surface area contributed by atoms with E-state index in [2.05, 4.69) is 10.3 Å². The molecule has 8 N–H and O–H groups in total. The number of carbonyl (C=O) groups excluding carboxylic acids is 3. The summed E-state index contributed by atoms with van der Waals surface area (Å²) >= 11 is 0. The molecule has 0 bridgehead atoms. The van der Waals surface area contributed by atoms with Gasteiger partial charge in [0, 0.05) is 19.6 Å². The lowest BCUT2D eigenvalue weighted by Gasteiger charge is -2.29. The molecular weight excluding hydrogens is 394 g/mol. The van der Waals surface area contributed by atoms with Crippen molar-refractivity contribution in [1.82, 2.24) is 15.1 Å². The van der Waals surface area contributed by atoms with Gasteiger partial charge in [-0.25, -0.2) is 4.79 Å². The number of amides is 3. The molecule has 2 heterocycles. The van der Waals surface area contributed by atoms with Crippen LogP contribution < -0.4 is 22.5 Å². The van der Waals surface area contributed by atoms with E-state index >= 15 is 0 Å². The second-order valence-electron chi connectivity index (χ2n) is 7.49. The maximum absolute atomic E-state index is 13.1. The maximum Gasteiger partial charge on any atom is 0.326 e. The Morgan fingerprint density at radius 2 is 1.70 bits per heavy atom. The van der Waals surface area contributed by atoms with Gasteiger partial charge in [0.05, 0.1) is 6.54 Å². The van der Waals surface area contributed by atoms with Gasteiger partial charge in [-0.3, -0.25) is 19.4 Å². The number of carbonyl (C=O) groups is 4. The van der Waals surface area contributed by atoms with Gasteiger partial charge in [-0.15, -0.1) is 0 Å². The topological polar surface area (TPSA) is 197 Å². The predicted molar refractivity (Wildman–Crippen MR) is 108 cm³/mol. The summed E-state index contributed by atoms with van der Waals surface area (Å²) in [6.45, 7) is 0.825. The van der Waals surface area contributed by atoms with Crippen LogP contribution >= 0.6 is 0 Å². The number of nitrogens with two attached hydrogens (primary N) is 3. The van der Waals surface area contributed by atoms with E-state index in [1.54, 1.807) is 0 Å². The van der Waals surface area contributed by atoms with Crippen LogP contribution in [0.5, 0.6) is 0 Å². The van der Waals surface area contributed by atoms with E-state index in [9.17, 15) is 24.3 Å². The molecule has 0 saturated carbocycles. The summed E-state index contributed by atoms with van der Waals surface area (Å²) in [4.78, 5) is 56.0. The molecule has 1 unspecified atom stereocenters. The Morgan fingerprint density at radius 3 is 2.30 bits per heavy atom. The molecule has 0 radical (unpaired) electrons. The normalized spacial score (nSPS) is 21.9. The van der Waals surface area contributed by atoms with Gasteiger partial charge in [0.15, 0.2) is 5.96 Å². The van der Waals surface area contributed by atoms with Gasteiger partial charge in [-0.05, 0) is 38.5 Å². The molecule has 0 aromatic heterocycles. The monoisotopic (exact) mass is 425 g/mol. The fraction of sp³-hybridized carbons (Fsp3) is 0.722. The molecule has 12 heteroatoms. The van der Waals surface area contributed by atoms with Gasteiger partial charge in [0.2, 0.25) is 17.7 Å². The van der Waals surface area contributed by atoms with Gasteiger partial charge in [-0.1, -0.05) is 0 Å². The van der Waals surface area contributed by atoms with E-state index in [-0.39, 0.29) is 31.4 Å². The Morgan fingerprint density at radius 1 is 1.07 bits per heavy atom. The van der Waals surface area contributed by atoms with E-state index in [4.69, 9.17) is 17.2 Å². The fourth-order valence-corrected chi connectivity index (χ4v) is 3.97. The summed E-state index contributed by atoms with van der Waals surface area (Å²) in [5.41, 5.74) is 16.0. The molecule has 168 valence electrons. The first-order valence-corrected chi connectivity index (χ1v) is 10.1. The highest BCUT2D eigenvalue weighted by molar-refractivity contribution is 5.94. The number of carboxylic acid groups (broad SMARTS) is 1. The number of guanidine groups is 1. The summed E-state index contributed by atoms with van der Waals surface area (Å²) in [7, 11) is 0. The summed E-state index contributed by atoms with van der Waals surface area (Å²) < 4.78 is 0. The minimum absolute atomic E-state index is 0.0747. The molecule has 12 nitrogen and oxygen atoms in total. The zero-order valence-electron chi connectivity index (χ0n) is 17.0. The van der Waals surface area contributed by atoms with Crippen molar-refractivity contribution >= 4 is 29.7 Å². The number of carboxylic acids is 1. The number of hydrogen-bond donors (Lipinski definition) is 5. The summed E-state index contributed by atoms with van der Waals surface area (Å²) in [6.07, 6.45) is 2.75. The minimum atomic E-state index is -1.07. The molecule has 2 aliphatic heterocycles. The molecule has 0 spiro atoms. The summed E-state index contributed by atoms with van der Waals surface area (Å²) in [5.74, 6) is -2.36. The van der Waals surface area contributed by atoms with Crippen molar-refractivity contribution in [1.29, 1.82) is 0 Å². The van der Waals surface area contributed by atoms with Crippen LogP contribution in [0.4, 0.5) is 0 Å². The highest BCUT2D eigenvalue weighted by atomic mass is 16.4. The van der Waals surface area contributed by atoms with Crippen LogP contribution in [-0.4, -0.2) is 88.9 Å². The lowest BCUT2D eigenvalue weighted by atomic mass is 10.1. The Kier molecular flexibility index (Phi) is 8.39. The van der Waals surface area contributed by atoms with Gasteiger partial charge >= 0.3 is 5.97 Å². The smallest absolute Gasteiger partial charge is 0.326 e. The van der Waals surface area contributed by atoms with Crippen molar-refractivity contribution in [2.24, 2.45) is 22.2 Å². The molecule has 30 heavy (non-hydrogen) atoms. The van der Waals surface area contributed by atoms with Crippen LogP contribution in [0.2, 0.25) is 0 Å². The molecule has 2 saturated heterocycles.